The van der Waals surface area contributed by atoms with Gasteiger partial charge in [0.15, 0.2) is 0 Å². The summed E-state index contributed by atoms with van der Waals surface area (Å²) in [7, 11) is -3.51. The lowest BCUT2D eigenvalue weighted by Crippen LogP contribution is -2.49. The molecule has 1 aliphatic rings. The first-order chi connectivity index (χ1) is 14.4. The van der Waals surface area contributed by atoms with E-state index in [9.17, 15) is 26.4 Å². The Morgan fingerprint density at radius 3 is 2.39 bits per heavy atom. The summed E-state index contributed by atoms with van der Waals surface area (Å²) in [6, 6.07) is 6.03. The van der Waals surface area contributed by atoms with Gasteiger partial charge in [-0.15, -0.1) is 11.3 Å². The number of nitrogens with one attached hydrogen (secondary N) is 2. The third-order valence-electron chi connectivity index (χ3n) is 4.41. The summed E-state index contributed by atoms with van der Waals surface area (Å²) >= 11 is 7.21. The molecule has 0 unspecified atom stereocenters. The maximum absolute atomic E-state index is 12.6. The molecule has 1 fully saturated rings. The van der Waals surface area contributed by atoms with E-state index in [0.29, 0.717) is 23.7 Å². The molecule has 1 aromatic carbocycles. The van der Waals surface area contributed by atoms with E-state index in [0.717, 1.165) is 11.9 Å². The zero-order chi connectivity index (χ0) is 22.8. The number of carbonyl (C=O) groups excluding carboxylic acids is 1. The van der Waals surface area contributed by atoms with Gasteiger partial charge in [0.05, 0.1) is 23.4 Å². The molecule has 0 atom stereocenters. The highest BCUT2D eigenvalue weighted by Gasteiger charge is 2.32. The largest absolute Gasteiger partial charge is 0.401 e. The van der Waals surface area contributed by atoms with Crippen molar-refractivity contribution < 1.29 is 26.4 Å². The Labute approximate surface area is 186 Å². The second kappa shape index (κ2) is 9.23. The summed E-state index contributed by atoms with van der Waals surface area (Å²) in [5, 5.41) is 4.70. The van der Waals surface area contributed by atoms with E-state index in [1.54, 1.807) is 11.4 Å². The molecule has 170 valence electrons. The van der Waals surface area contributed by atoms with Crippen molar-refractivity contribution in [3.8, 4) is 0 Å². The number of sulfonamides is 1. The number of hydrogen-bond donors (Lipinski definition) is 2. The van der Waals surface area contributed by atoms with Crippen LogP contribution >= 0.6 is 22.9 Å². The number of thiophene rings is 1. The molecule has 1 aliphatic heterocycles. The summed E-state index contributed by atoms with van der Waals surface area (Å²) < 4.78 is 62.7. The smallest absolute Gasteiger partial charge is 0.368 e. The van der Waals surface area contributed by atoms with E-state index >= 15 is 0 Å². The standard InChI is InChI=1S/C18H20ClF3N4O3S2/c1-31(28,29)24-14-7-12(19)6-13(8-14)23-17(27)16-9-15(10-30-16)26-4-2-25(3-5-26)11-18(20,21)22/h6-10,24H,2-5,11H2,1H3,(H,23,27). The van der Waals surface area contributed by atoms with Crippen LogP contribution in [-0.2, 0) is 10.0 Å². The molecular formula is C18H20ClF3N4O3S2. The second-order valence-corrected chi connectivity index (χ2v) is 10.2. The van der Waals surface area contributed by atoms with Gasteiger partial charge in [-0.25, -0.2) is 8.42 Å². The maximum atomic E-state index is 12.6. The van der Waals surface area contributed by atoms with E-state index in [2.05, 4.69) is 10.0 Å². The average Bonchev–Trinajstić information content (AvgIpc) is 3.09. The van der Waals surface area contributed by atoms with Gasteiger partial charge in [0.1, 0.15) is 0 Å². The van der Waals surface area contributed by atoms with E-state index < -0.39 is 28.7 Å². The van der Waals surface area contributed by atoms with Crippen LogP contribution in [0.4, 0.5) is 30.2 Å². The summed E-state index contributed by atoms with van der Waals surface area (Å²) in [6.07, 6.45) is -3.21. The van der Waals surface area contributed by atoms with Crippen LogP contribution in [-0.4, -0.2) is 64.4 Å². The maximum Gasteiger partial charge on any atom is 0.401 e. The van der Waals surface area contributed by atoms with Crippen molar-refractivity contribution in [3.05, 3.63) is 39.5 Å². The first kappa shape index (κ1) is 23.6. The minimum absolute atomic E-state index is 0.217. The number of nitrogens with zero attached hydrogens (tertiary/aromatic N) is 2. The minimum Gasteiger partial charge on any atom is -0.368 e. The third kappa shape index (κ3) is 7.27. The van der Waals surface area contributed by atoms with Gasteiger partial charge >= 0.3 is 6.18 Å². The molecule has 2 aromatic rings. The summed E-state index contributed by atoms with van der Waals surface area (Å²) in [4.78, 5) is 16.3. The summed E-state index contributed by atoms with van der Waals surface area (Å²) in [5.41, 5.74) is 1.31. The molecular weight excluding hydrogens is 477 g/mol. The lowest BCUT2D eigenvalue weighted by molar-refractivity contribution is -0.146. The van der Waals surface area contributed by atoms with Gasteiger partial charge in [-0.1, -0.05) is 11.6 Å². The molecule has 1 saturated heterocycles. The van der Waals surface area contributed by atoms with Crippen molar-refractivity contribution in [2.24, 2.45) is 0 Å². The molecule has 31 heavy (non-hydrogen) atoms. The molecule has 13 heteroatoms. The molecule has 0 spiro atoms. The number of amides is 1. The third-order valence-corrected chi connectivity index (χ3v) is 6.15. The van der Waals surface area contributed by atoms with Crippen LogP contribution in [0.15, 0.2) is 29.6 Å². The number of hydrogen-bond acceptors (Lipinski definition) is 6. The van der Waals surface area contributed by atoms with Crippen molar-refractivity contribution in [3.63, 3.8) is 0 Å². The van der Waals surface area contributed by atoms with Gasteiger partial charge in [-0.3, -0.25) is 14.4 Å². The lowest BCUT2D eigenvalue weighted by atomic mass is 10.2. The first-order valence-electron chi connectivity index (χ1n) is 9.10. The van der Waals surface area contributed by atoms with Crippen molar-refractivity contribution in [1.29, 1.82) is 0 Å². The van der Waals surface area contributed by atoms with Gasteiger partial charge in [0.2, 0.25) is 10.0 Å². The van der Waals surface area contributed by atoms with E-state index in [4.69, 9.17) is 11.6 Å². The molecule has 7 nitrogen and oxygen atoms in total. The van der Waals surface area contributed by atoms with Crippen LogP contribution in [0.2, 0.25) is 5.02 Å². The predicted molar refractivity (Wildman–Crippen MR) is 117 cm³/mol. The van der Waals surface area contributed by atoms with E-state index in [-0.39, 0.29) is 23.8 Å². The fourth-order valence-electron chi connectivity index (χ4n) is 3.16. The fourth-order valence-corrected chi connectivity index (χ4v) is 4.75. The van der Waals surface area contributed by atoms with Crippen LogP contribution in [0.5, 0.6) is 0 Å². The van der Waals surface area contributed by atoms with Crippen LogP contribution in [0, 0.1) is 0 Å². The topological polar surface area (TPSA) is 81.8 Å². The average molecular weight is 497 g/mol. The Hall–Kier alpha value is -2.02. The number of benzene rings is 1. The van der Waals surface area contributed by atoms with Gasteiger partial charge in [0.25, 0.3) is 5.91 Å². The second-order valence-electron chi connectivity index (χ2n) is 7.10. The van der Waals surface area contributed by atoms with E-state index in [1.807, 2.05) is 4.90 Å². The molecule has 0 radical (unpaired) electrons. The van der Waals surface area contributed by atoms with Gasteiger partial charge < -0.3 is 10.2 Å². The predicted octanol–water partition coefficient (Wildman–Crippen LogP) is 3.71. The number of halogens is 4. The quantitative estimate of drug-likeness (QED) is 0.637. The Kier molecular flexibility index (Phi) is 7.04. The monoisotopic (exact) mass is 496 g/mol. The Balaban J connectivity index is 1.62. The number of carbonyl (C=O) groups is 1. The molecule has 1 amide bonds. The van der Waals surface area contributed by atoms with Crippen molar-refractivity contribution in [2.45, 2.75) is 6.18 Å². The molecule has 0 bridgehead atoms. The first-order valence-corrected chi connectivity index (χ1v) is 12.3. The Morgan fingerprint density at radius 1 is 1.13 bits per heavy atom. The summed E-state index contributed by atoms with van der Waals surface area (Å²) in [6.45, 7) is 0.518. The van der Waals surface area contributed by atoms with Gasteiger partial charge in [-0.05, 0) is 24.3 Å². The normalized spacial score (nSPS) is 15.7. The number of rotatable bonds is 6. The van der Waals surface area contributed by atoms with Crippen molar-refractivity contribution in [2.75, 3.05) is 53.9 Å². The van der Waals surface area contributed by atoms with Crippen LogP contribution in [0.1, 0.15) is 9.67 Å². The highest BCUT2D eigenvalue weighted by Crippen LogP contribution is 2.28. The number of alkyl halides is 3. The molecule has 2 heterocycles. The molecule has 0 aliphatic carbocycles. The van der Waals surface area contributed by atoms with Crippen LogP contribution in [0.3, 0.4) is 0 Å². The van der Waals surface area contributed by atoms with Gasteiger partial charge in [-0.2, -0.15) is 13.2 Å². The summed E-state index contributed by atoms with van der Waals surface area (Å²) in [5.74, 6) is -0.403. The lowest BCUT2D eigenvalue weighted by Gasteiger charge is -2.35. The molecule has 3 rings (SSSR count). The van der Waals surface area contributed by atoms with Crippen LogP contribution in [0.25, 0.3) is 0 Å². The fraction of sp³-hybridized carbons (Fsp3) is 0.389. The highest BCUT2D eigenvalue weighted by molar-refractivity contribution is 7.92. The molecule has 1 aromatic heterocycles. The van der Waals surface area contributed by atoms with Crippen molar-refractivity contribution in [1.82, 2.24) is 4.90 Å². The Bertz CT molecular complexity index is 1050. The molecule has 0 saturated carbocycles. The highest BCUT2D eigenvalue weighted by atomic mass is 35.5. The Morgan fingerprint density at radius 2 is 1.77 bits per heavy atom. The minimum atomic E-state index is -4.22. The zero-order valence-electron chi connectivity index (χ0n) is 16.4. The molecule has 2 N–H and O–H groups in total. The van der Waals surface area contributed by atoms with E-state index in [1.165, 1.54) is 34.4 Å². The van der Waals surface area contributed by atoms with Crippen LogP contribution < -0.4 is 14.9 Å². The zero-order valence-corrected chi connectivity index (χ0v) is 18.8. The van der Waals surface area contributed by atoms with Gasteiger partial charge in [0, 0.05) is 48.0 Å². The number of anilines is 3. The number of piperazine rings is 1. The SMILES string of the molecule is CS(=O)(=O)Nc1cc(Cl)cc(NC(=O)c2cc(N3CCN(CC(F)(F)F)CC3)cs2)c1. The van der Waals surface area contributed by atoms with Crippen molar-refractivity contribution >= 4 is 55.9 Å².